The van der Waals surface area contributed by atoms with Gasteiger partial charge >= 0.3 is 0 Å². The Balaban J connectivity index is 0.00000441. The average molecular weight is 349 g/mol. The predicted octanol–water partition coefficient (Wildman–Crippen LogP) is 3.55. The minimum absolute atomic E-state index is 0. The van der Waals surface area contributed by atoms with Crippen LogP contribution >= 0.6 is 24.0 Å². The van der Waals surface area contributed by atoms with Gasteiger partial charge in [-0.15, -0.1) is 12.4 Å². The van der Waals surface area contributed by atoms with E-state index >= 15 is 0 Å². The van der Waals surface area contributed by atoms with Crippen LogP contribution in [-0.2, 0) is 4.79 Å². The van der Waals surface area contributed by atoms with Crippen LogP contribution < -0.4 is 15.8 Å². The lowest BCUT2D eigenvalue weighted by Crippen LogP contribution is -2.51. The van der Waals surface area contributed by atoms with E-state index < -0.39 is 6.10 Å². The maximum absolute atomic E-state index is 12.2. The molecule has 0 saturated heterocycles. The van der Waals surface area contributed by atoms with Gasteiger partial charge in [-0.05, 0) is 31.4 Å². The summed E-state index contributed by atoms with van der Waals surface area (Å²) in [6.45, 7) is 6.39. The van der Waals surface area contributed by atoms with E-state index in [2.05, 4.69) is 5.32 Å². The maximum Gasteiger partial charge on any atom is 0.261 e. The van der Waals surface area contributed by atoms with Crippen molar-refractivity contribution in [3.8, 4) is 5.75 Å². The Bertz CT molecular complexity index is 465. The molecule has 1 rings (SSSR count). The number of carbonyl (C=O) groups is 1. The van der Waals surface area contributed by atoms with Gasteiger partial charge in [-0.2, -0.15) is 0 Å². The van der Waals surface area contributed by atoms with Crippen molar-refractivity contribution in [2.24, 2.45) is 5.73 Å². The van der Waals surface area contributed by atoms with Gasteiger partial charge in [0, 0.05) is 12.1 Å². The molecule has 0 fully saturated rings. The smallest absolute Gasteiger partial charge is 0.261 e. The van der Waals surface area contributed by atoms with Crippen LogP contribution in [0.1, 0.15) is 40.0 Å². The number of benzene rings is 1. The SMILES string of the molecule is CCC(Oc1ccccc1Cl)C(=O)NCC(N)(CC)CC.Cl. The third-order valence-corrected chi connectivity index (χ3v) is 4.10. The van der Waals surface area contributed by atoms with E-state index in [0.29, 0.717) is 23.7 Å². The van der Waals surface area contributed by atoms with Crippen LogP contribution in [0.5, 0.6) is 5.75 Å². The number of nitrogens with two attached hydrogens (primary N) is 1. The number of rotatable bonds is 8. The topological polar surface area (TPSA) is 64.3 Å². The lowest BCUT2D eigenvalue weighted by atomic mass is 9.94. The standard InChI is InChI=1S/C16H25ClN2O2.ClH/c1-4-13(21-14-10-8-7-9-12(14)17)15(20)19-11-16(18,5-2)6-3;/h7-10,13H,4-6,11,18H2,1-3H3,(H,19,20);1H. The van der Waals surface area contributed by atoms with Crippen molar-refractivity contribution in [3.63, 3.8) is 0 Å². The van der Waals surface area contributed by atoms with Crippen LogP contribution in [0.2, 0.25) is 5.02 Å². The van der Waals surface area contributed by atoms with E-state index in [1.807, 2.05) is 32.9 Å². The molecule has 6 heteroatoms. The first-order chi connectivity index (χ1) is 9.95. The lowest BCUT2D eigenvalue weighted by Gasteiger charge is -2.28. The molecule has 0 radical (unpaired) electrons. The van der Waals surface area contributed by atoms with Crippen LogP contribution in [0.15, 0.2) is 24.3 Å². The Morgan fingerprint density at radius 2 is 1.91 bits per heavy atom. The van der Waals surface area contributed by atoms with Crippen LogP contribution in [-0.4, -0.2) is 24.1 Å². The van der Waals surface area contributed by atoms with Crippen molar-refractivity contribution in [3.05, 3.63) is 29.3 Å². The second-order valence-electron chi connectivity index (χ2n) is 5.23. The van der Waals surface area contributed by atoms with E-state index in [4.69, 9.17) is 22.1 Å². The molecule has 4 nitrogen and oxygen atoms in total. The normalized spacial score (nSPS) is 12.2. The van der Waals surface area contributed by atoms with Gasteiger partial charge in [0.15, 0.2) is 6.10 Å². The summed E-state index contributed by atoms with van der Waals surface area (Å²) in [6, 6.07) is 7.14. The van der Waals surface area contributed by atoms with E-state index in [1.54, 1.807) is 12.1 Å². The number of hydrogen-bond acceptors (Lipinski definition) is 3. The molecule has 0 aliphatic carbocycles. The molecular weight excluding hydrogens is 323 g/mol. The van der Waals surface area contributed by atoms with Gasteiger partial charge in [0.25, 0.3) is 5.91 Å². The molecule has 0 saturated carbocycles. The summed E-state index contributed by atoms with van der Waals surface area (Å²) in [6.07, 6.45) is 1.62. The van der Waals surface area contributed by atoms with Crippen molar-refractivity contribution >= 4 is 29.9 Å². The van der Waals surface area contributed by atoms with Gasteiger partial charge < -0.3 is 15.8 Å². The van der Waals surface area contributed by atoms with Gasteiger partial charge in [0.1, 0.15) is 5.75 Å². The molecule has 126 valence electrons. The number of halogens is 2. The molecule has 0 aliphatic rings. The van der Waals surface area contributed by atoms with Gasteiger partial charge in [-0.25, -0.2) is 0 Å². The molecule has 22 heavy (non-hydrogen) atoms. The van der Waals surface area contributed by atoms with Crippen molar-refractivity contribution in [1.29, 1.82) is 0 Å². The molecule has 0 aliphatic heterocycles. The molecule has 0 aromatic heterocycles. The molecule has 0 heterocycles. The summed E-state index contributed by atoms with van der Waals surface area (Å²) in [7, 11) is 0. The zero-order valence-electron chi connectivity index (χ0n) is 13.4. The van der Waals surface area contributed by atoms with Gasteiger partial charge in [-0.3, -0.25) is 4.79 Å². The minimum atomic E-state index is -0.567. The second kappa shape index (κ2) is 9.93. The van der Waals surface area contributed by atoms with Crippen LogP contribution in [0.4, 0.5) is 0 Å². The molecule has 1 aromatic carbocycles. The predicted molar refractivity (Wildman–Crippen MR) is 93.9 cm³/mol. The number of hydrogen-bond donors (Lipinski definition) is 2. The fraction of sp³-hybridized carbons (Fsp3) is 0.562. The summed E-state index contributed by atoms with van der Waals surface area (Å²) in [5.41, 5.74) is 5.82. The highest BCUT2D eigenvalue weighted by Gasteiger charge is 2.24. The van der Waals surface area contributed by atoms with E-state index in [1.165, 1.54) is 0 Å². The molecule has 1 unspecified atom stereocenters. The number of para-hydroxylation sites is 1. The molecule has 3 N–H and O–H groups in total. The first kappa shape index (κ1) is 21.0. The summed E-state index contributed by atoms with van der Waals surface area (Å²) in [5.74, 6) is 0.361. The van der Waals surface area contributed by atoms with E-state index in [9.17, 15) is 4.79 Å². The summed E-state index contributed by atoms with van der Waals surface area (Å²) < 4.78 is 5.70. The van der Waals surface area contributed by atoms with Gasteiger partial charge in [0.2, 0.25) is 0 Å². The average Bonchev–Trinajstić information content (AvgIpc) is 2.51. The molecule has 1 amide bonds. The zero-order valence-corrected chi connectivity index (χ0v) is 15.0. The third kappa shape index (κ3) is 6.03. The fourth-order valence-corrected chi connectivity index (χ4v) is 2.07. The highest BCUT2D eigenvalue weighted by atomic mass is 35.5. The van der Waals surface area contributed by atoms with E-state index in [-0.39, 0.29) is 23.9 Å². The Morgan fingerprint density at radius 1 is 1.32 bits per heavy atom. The highest BCUT2D eigenvalue weighted by molar-refractivity contribution is 6.32. The first-order valence-electron chi connectivity index (χ1n) is 7.43. The Kier molecular flexibility index (Phi) is 9.49. The Morgan fingerprint density at radius 3 is 2.41 bits per heavy atom. The number of ether oxygens (including phenoxy) is 1. The molecule has 1 aromatic rings. The maximum atomic E-state index is 12.2. The van der Waals surface area contributed by atoms with Gasteiger partial charge in [-0.1, -0.05) is 44.5 Å². The second-order valence-corrected chi connectivity index (χ2v) is 5.64. The van der Waals surface area contributed by atoms with Crippen LogP contribution in [0.3, 0.4) is 0 Å². The zero-order chi connectivity index (χ0) is 15.9. The largest absolute Gasteiger partial charge is 0.479 e. The number of carbonyl (C=O) groups excluding carboxylic acids is 1. The van der Waals surface area contributed by atoms with Crippen molar-refractivity contribution in [2.75, 3.05) is 6.54 Å². The van der Waals surface area contributed by atoms with Crippen LogP contribution in [0, 0.1) is 0 Å². The molecule has 1 atom stereocenters. The van der Waals surface area contributed by atoms with Crippen molar-refractivity contribution < 1.29 is 9.53 Å². The number of nitrogens with one attached hydrogen (secondary N) is 1. The third-order valence-electron chi connectivity index (χ3n) is 3.79. The van der Waals surface area contributed by atoms with Crippen molar-refractivity contribution in [2.45, 2.75) is 51.7 Å². The number of amides is 1. The summed E-state index contributed by atoms with van der Waals surface area (Å²) >= 11 is 6.05. The minimum Gasteiger partial charge on any atom is -0.479 e. The molecule has 0 spiro atoms. The van der Waals surface area contributed by atoms with Crippen LogP contribution in [0.25, 0.3) is 0 Å². The molecule has 0 bridgehead atoms. The Hall–Kier alpha value is -0.970. The Labute approximate surface area is 144 Å². The highest BCUT2D eigenvalue weighted by Crippen LogP contribution is 2.24. The summed E-state index contributed by atoms with van der Waals surface area (Å²) in [5, 5.41) is 3.38. The quantitative estimate of drug-likeness (QED) is 0.754. The monoisotopic (exact) mass is 348 g/mol. The lowest BCUT2D eigenvalue weighted by molar-refractivity contribution is -0.128. The first-order valence-corrected chi connectivity index (χ1v) is 7.81. The summed E-state index contributed by atoms with van der Waals surface area (Å²) in [4.78, 5) is 12.2. The van der Waals surface area contributed by atoms with Gasteiger partial charge in [0.05, 0.1) is 5.02 Å². The van der Waals surface area contributed by atoms with Crippen molar-refractivity contribution in [1.82, 2.24) is 5.32 Å². The fourth-order valence-electron chi connectivity index (χ4n) is 1.89. The molecular formula is C16H26Cl2N2O2. The van der Waals surface area contributed by atoms with E-state index in [0.717, 1.165) is 12.8 Å².